The Kier molecular flexibility index (Phi) is 4.52. The fourth-order valence-corrected chi connectivity index (χ4v) is 3.78. The summed E-state index contributed by atoms with van der Waals surface area (Å²) >= 11 is 0. The number of piperidine rings is 1. The lowest BCUT2D eigenvalue weighted by Gasteiger charge is -2.29. The molecule has 6 N–H and O–H groups in total. The first-order chi connectivity index (χ1) is 13.4. The largest absolute Gasteiger partial charge is 0.488 e. The third-order valence-corrected chi connectivity index (χ3v) is 5.33. The summed E-state index contributed by atoms with van der Waals surface area (Å²) in [7, 11) is 2.09. The highest BCUT2D eigenvalue weighted by atomic mass is 16.5. The number of primary amides is 2. The molecule has 4 rings (SSSR count). The molecule has 1 aromatic carbocycles. The lowest BCUT2D eigenvalue weighted by Crippen LogP contribution is -2.58. The molecule has 3 heterocycles. The van der Waals surface area contributed by atoms with Crippen LogP contribution in [-0.2, 0) is 15.1 Å². The zero-order valence-corrected chi connectivity index (χ0v) is 15.6. The molecule has 0 bridgehead atoms. The molecular weight excluding hydrogens is 362 g/mol. The smallest absolute Gasteiger partial charge is 0.265 e. The molecule has 2 aliphatic rings. The molecule has 148 valence electrons. The highest BCUT2D eigenvalue weighted by Crippen LogP contribution is 2.31. The van der Waals surface area contributed by atoms with Crippen molar-refractivity contribution in [3.8, 4) is 5.75 Å². The number of H-pyrrole nitrogens is 1. The number of ether oxygens (including phenoxy) is 1. The summed E-state index contributed by atoms with van der Waals surface area (Å²) in [6.45, 7) is 1.98. The number of aliphatic imine (C=N–C) groups is 1. The molecular formula is C18H23N7O3. The van der Waals surface area contributed by atoms with E-state index >= 15 is 0 Å². The minimum absolute atomic E-state index is 0.0389. The number of benzene rings is 1. The van der Waals surface area contributed by atoms with E-state index < -0.39 is 17.4 Å². The van der Waals surface area contributed by atoms with E-state index in [1.807, 2.05) is 18.2 Å². The molecule has 2 aliphatic heterocycles. The van der Waals surface area contributed by atoms with Crippen LogP contribution in [0.25, 0.3) is 11.0 Å². The Balaban J connectivity index is 1.73. The van der Waals surface area contributed by atoms with E-state index in [0.29, 0.717) is 16.8 Å². The third-order valence-electron chi connectivity index (χ3n) is 5.33. The Hall–Kier alpha value is -2.98. The Morgan fingerprint density at radius 2 is 2.04 bits per heavy atom. The summed E-state index contributed by atoms with van der Waals surface area (Å²) in [6.07, 6.45) is 1.95. The molecule has 10 nitrogen and oxygen atoms in total. The number of para-hydroxylation sites is 1. The van der Waals surface area contributed by atoms with Crippen molar-refractivity contribution in [2.75, 3.05) is 26.8 Å². The number of carbonyl (C=O) groups is 2. The molecule has 1 saturated heterocycles. The summed E-state index contributed by atoms with van der Waals surface area (Å²) in [5.74, 6) is -0.847. The van der Waals surface area contributed by atoms with Gasteiger partial charge in [-0.2, -0.15) is 0 Å². The van der Waals surface area contributed by atoms with Crippen LogP contribution in [0.3, 0.4) is 0 Å². The average Bonchev–Trinajstić information content (AvgIpc) is 3.28. The van der Waals surface area contributed by atoms with Crippen molar-refractivity contribution in [2.45, 2.75) is 24.5 Å². The number of aromatic nitrogens is 2. The average molecular weight is 385 g/mol. The summed E-state index contributed by atoms with van der Waals surface area (Å²) in [5, 5.41) is 2.86. The number of fused-ring (bicyclic) bond motifs is 1. The van der Waals surface area contributed by atoms with Crippen molar-refractivity contribution >= 4 is 28.6 Å². The summed E-state index contributed by atoms with van der Waals surface area (Å²) in [6, 6.07) is 5.50. The second kappa shape index (κ2) is 6.88. The molecule has 0 radical (unpaired) electrons. The van der Waals surface area contributed by atoms with Gasteiger partial charge in [-0.3, -0.25) is 19.9 Å². The number of hydrogen-bond acceptors (Lipinski definition) is 7. The van der Waals surface area contributed by atoms with Gasteiger partial charge in [0, 0.05) is 13.1 Å². The van der Waals surface area contributed by atoms with Gasteiger partial charge in [0.15, 0.2) is 0 Å². The summed E-state index contributed by atoms with van der Waals surface area (Å²) in [5.41, 5.74) is 10.4. The Labute approximate surface area is 161 Å². The SMILES string of the molecule is CN1CCC(Oc2cccc3[nH]c(C4(C(N)=O)NCN=C4C(N)=O)nc23)CC1. The van der Waals surface area contributed by atoms with Crippen molar-refractivity contribution < 1.29 is 14.3 Å². The minimum Gasteiger partial charge on any atom is -0.488 e. The van der Waals surface area contributed by atoms with Gasteiger partial charge < -0.3 is 26.1 Å². The first-order valence-corrected chi connectivity index (χ1v) is 9.16. The molecule has 1 aromatic heterocycles. The third kappa shape index (κ3) is 2.90. The van der Waals surface area contributed by atoms with E-state index in [0.717, 1.165) is 25.9 Å². The van der Waals surface area contributed by atoms with Gasteiger partial charge >= 0.3 is 0 Å². The molecule has 10 heteroatoms. The lowest BCUT2D eigenvalue weighted by molar-refractivity contribution is -0.123. The van der Waals surface area contributed by atoms with Gasteiger partial charge in [-0.25, -0.2) is 4.98 Å². The van der Waals surface area contributed by atoms with E-state index in [4.69, 9.17) is 16.2 Å². The number of likely N-dealkylation sites (tertiary alicyclic amines) is 1. The van der Waals surface area contributed by atoms with Crippen LogP contribution in [0.4, 0.5) is 0 Å². The maximum absolute atomic E-state index is 12.3. The van der Waals surface area contributed by atoms with Crippen LogP contribution < -0.4 is 21.5 Å². The van der Waals surface area contributed by atoms with Crippen LogP contribution in [-0.4, -0.2) is 65.3 Å². The molecule has 0 spiro atoms. The molecule has 1 fully saturated rings. The lowest BCUT2D eigenvalue weighted by atomic mass is 9.91. The van der Waals surface area contributed by atoms with Gasteiger partial charge in [-0.15, -0.1) is 0 Å². The quantitative estimate of drug-likeness (QED) is 0.529. The van der Waals surface area contributed by atoms with E-state index in [1.165, 1.54) is 0 Å². The number of imidazole rings is 1. The van der Waals surface area contributed by atoms with Crippen LogP contribution in [0.15, 0.2) is 23.2 Å². The second-order valence-electron chi connectivity index (χ2n) is 7.18. The fraction of sp³-hybridized carbons (Fsp3) is 0.444. The molecule has 0 saturated carbocycles. The number of amides is 2. The summed E-state index contributed by atoms with van der Waals surface area (Å²) < 4.78 is 6.19. The number of rotatable bonds is 5. The van der Waals surface area contributed by atoms with Gasteiger partial charge in [0.1, 0.15) is 28.9 Å². The second-order valence-corrected chi connectivity index (χ2v) is 7.18. The van der Waals surface area contributed by atoms with Gasteiger partial charge in [0.05, 0.1) is 12.2 Å². The predicted octanol–water partition coefficient (Wildman–Crippen LogP) is -0.796. The maximum Gasteiger partial charge on any atom is 0.265 e. The van der Waals surface area contributed by atoms with Crippen molar-refractivity contribution in [3.05, 3.63) is 24.0 Å². The van der Waals surface area contributed by atoms with Gasteiger partial charge in [-0.1, -0.05) is 6.07 Å². The van der Waals surface area contributed by atoms with Crippen LogP contribution in [0, 0.1) is 0 Å². The number of nitrogens with zero attached hydrogens (tertiary/aromatic N) is 3. The summed E-state index contributed by atoms with van der Waals surface area (Å²) in [4.78, 5) is 38.1. The van der Waals surface area contributed by atoms with E-state index in [9.17, 15) is 9.59 Å². The predicted molar refractivity (Wildman–Crippen MR) is 103 cm³/mol. The Bertz CT molecular complexity index is 961. The zero-order chi connectivity index (χ0) is 19.9. The van der Waals surface area contributed by atoms with Crippen LogP contribution >= 0.6 is 0 Å². The number of hydrogen-bond donors (Lipinski definition) is 4. The molecule has 1 unspecified atom stereocenters. The number of aromatic amines is 1. The highest BCUT2D eigenvalue weighted by Gasteiger charge is 2.51. The fourth-order valence-electron chi connectivity index (χ4n) is 3.78. The van der Waals surface area contributed by atoms with Gasteiger partial charge in [0.25, 0.3) is 11.8 Å². The van der Waals surface area contributed by atoms with Crippen molar-refractivity contribution in [3.63, 3.8) is 0 Å². The van der Waals surface area contributed by atoms with Crippen LogP contribution in [0.1, 0.15) is 18.7 Å². The van der Waals surface area contributed by atoms with Crippen molar-refractivity contribution in [1.29, 1.82) is 0 Å². The maximum atomic E-state index is 12.3. The number of carbonyl (C=O) groups excluding carboxylic acids is 2. The highest BCUT2D eigenvalue weighted by molar-refractivity contribution is 6.46. The Morgan fingerprint density at radius 3 is 2.71 bits per heavy atom. The number of nitrogens with two attached hydrogens (primary N) is 2. The molecule has 2 aromatic rings. The van der Waals surface area contributed by atoms with Crippen LogP contribution in [0.5, 0.6) is 5.75 Å². The van der Waals surface area contributed by atoms with Crippen molar-refractivity contribution in [2.24, 2.45) is 16.5 Å². The zero-order valence-electron chi connectivity index (χ0n) is 15.6. The van der Waals surface area contributed by atoms with E-state index in [2.05, 4.69) is 32.2 Å². The van der Waals surface area contributed by atoms with E-state index in [-0.39, 0.29) is 24.3 Å². The first kappa shape index (κ1) is 18.4. The standard InChI is InChI=1S/C18H23N7O3/c1-25-7-5-10(6-8-25)28-12-4-2-3-11-13(12)24-17(23-11)18(16(20)27)14(15(19)26)21-9-22-18/h2-4,10,22H,5-9H2,1H3,(H2,19,26)(H2,20,27)(H,23,24). The van der Waals surface area contributed by atoms with E-state index in [1.54, 1.807) is 0 Å². The molecule has 1 atom stereocenters. The first-order valence-electron chi connectivity index (χ1n) is 9.16. The normalized spacial score (nSPS) is 23.7. The van der Waals surface area contributed by atoms with Crippen LogP contribution in [0.2, 0.25) is 0 Å². The molecule has 2 amide bonds. The topological polar surface area (TPSA) is 152 Å². The van der Waals surface area contributed by atoms with Gasteiger partial charge in [0.2, 0.25) is 5.54 Å². The van der Waals surface area contributed by atoms with Gasteiger partial charge in [-0.05, 0) is 32.0 Å². The minimum atomic E-state index is -1.68. The monoisotopic (exact) mass is 385 g/mol. The number of nitrogens with one attached hydrogen (secondary N) is 2. The Morgan fingerprint density at radius 1 is 1.29 bits per heavy atom. The molecule has 28 heavy (non-hydrogen) atoms. The van der Waals surface area contributed by atoms with Crippen molar-refractivity contribution in [1.82, 2.24) is 20.2 Å². The molecule has 0 aliphatic carbocycles.